The standard InChI is InChI=1S/C23H26N8O2/c1-13-19(28-30-22-24-6-7-25-22)10-16-17(11-32)14-4-2-3-5-15(14)18(12-33)20(16)21(13)29-31-23-26-8-9-27-23/h2-5,10-13,17-18,20H,6-9H2,1H3,(H2,24,25,30)(H2,26,27,31). The molecule has 4 N–H and O–H groups in total. The van der Waals surface area contributed by atoms with Crippen LogP contribution in [-0.2, 0) is 9.59 Å². The van der Waals surface area contributed by atoms with Crippen LogP contribution in [0.15, 0.2) is 56.1 Å². The quantitative estimate of drug-likeness (QED) is 0.388. The Labute approximate surface area is 191 Å². The Bertz CT molecular complexity index is 1120. The summed E-state index contributed by atoms with van der Waals surface area (Å²) < 4.78 is 0. The minimum Gasteiger partial charge on any atom is -0.353 e. The molecule has 0 aromatic heterocycles. The molecule has 1 aromatic rings. The van der Waals surface area contributed by atoms with E-state index >= 15 is 0 Å². The number of nitrogens with zero attached hydrogens (tertiary/aromatic N) is 4. The van der Waals surface area contributed by atoms with Gasteiger partial charge in [-0.2, -0.15) is 10.2 Å². The smallest absolute Gasteiger partial charge is 0.212 e. The monoisotopic (exact) mass is 446 g/mol. The number of nitrogens with one attached hydrogen (secondary N) is 4. The molecule has 10 heteroatoms. The number of hydrogen-bond donors (Lipinski definition) is 4. The van der Waals surface area contributed by atoms with Crippen molar-refractivity contribution >= 4 is 35.9 Å². The van der Waals surface area contributed by atoms with Crippen LogP contribution in [0.25, 0.3) is 0 Å². The van der Waals surface area contributed by atoms with Gasteiger partial charge in [-0.15, -0.1) is 0 Å². The molecule has 10 nitrogen and oxygen atoms in total. The van der Waals surface area contributed by atoms with Crippen molar-refractivity contribution in [3.05, 3.63) is 47.0 Å². The van der Waals surface area contributed by atoms with E-state index in [9.17, 15) is 9.59 Å². The van der Waals surface area contributed by atoms with E-state index in [2.05, 4.69) is 36.6 Å². The first kappa shape index (κ1) is 21.0. The van der Waals surface area contributed by atoms with Crippen LogP contribution >= 0.6 is 0 Å². The molecule has 33 heavy (non-hydrogen) atoms. The zero-order chi connectivity index (χ0) is 22.8. The number of carbonyl (C=O) groups is 2. The lowest BCUT2D eigenvalue weighted by molar-refractivity contribution is -0.111. The van der Waals surface area contributed by atoms with E-state index in [-0.39, 0.29) is 11.8 Å². The van der Waals surface area contributed by atoms with Crippen molar-refractivity contribution in [2.75, 3.05) is 26.2 Å². The zero-order valence-corrected chi connectivity index (χ0v) is 18.3. The van der Waals surface area contributed by atoms with Crippen LogP contribution in [0.4, 0.5) is 0 Å². The number of rotatable bonds is 4. The molecule has 0 bridgehead atoms. The molecule has 4 unspecified atom stereocenters. The first-order valence-corrected chi connectivity index (χ1v) is 11.2. The first-order valence-electron chi connectivity index (χ1n) is 11.2. The normalized spacial score (nSPS) is 30.3. The van der Waals surface area contributed by atoms with Gasteiger partial charge in [-0.1, -0.05) is 31.2 Å². The van der Waals surface area contributed by atoms with Gasteiger partial charge in [0.1, 0.15) is 12.6 Å². The Balaban J connectivity index is 1.62. The molecule has 0 fully saturated rings. The fourth-order valence-electron chi connectivity index (χ4n) is 4.89. The Morgan fingerprint density at radius 2 is 1.64 bits per heavy atom. The summed E-state index contributed by atoms with van der Waals surface area (Å²) in [4.78, 5) is 33.3. The van der Waals surface area contributed by atoms with E-state index in [4.69, 9.17) is 5.10 Å². The number of carbonyl (C=O) groups excluding carboxylic acids is 2. The molecule has 170 valence electrons. The van der Waals surface area contributed by atoms with Crippen LogP contribution in [0.2, 0.25) is 0 Å². The SMILES string of the molecule is CC1C(=NNC2=NCCN2)C=C2C(C=O)c3ccccc3C(C=O)C2C1=NNC1=NCCN1. The highest BCUT2D eigenvalue weighted by Crippen LogP contribution is 2.48. The molecule has 4 atom stereocenters. The summed E-state index contributed by atoms with van der Waals surface area (Å²) in [6.45, 7) is 4.90. The van der Waals surface area contributed by atoms with Crippen molar-refractivity contribution in [3.63, 3.8) is 0 Å². The number of guanidine groups is 2. The molecule has 4 aliphatic rings. The summed E-state index contributed by atoms with van der Waals surface area (Å²) in [6, 6.07) is 7.63. The Morgan fingerprint density at radius 3 is 2.24 bits per heavy atom. The molecule has 5 rings (SSSR count). The summed E-state index contributed by atoms with van der Waals surface area (Å²) in [6.07, 6.45) is 3.84. The van der Waals surface area contributed by atoms with E-state index < -0.39 is 11.8 Å². The lowest BCUT2D eigenvalue weighted by atomic mass is 9.61. The first-order chi connectivity index (χ1) is 16.2. The molecule has 0 amide bonds. The second-order valence-electron chi connectivity index (χ2n) is 8.36. The Kier molecular flexibility index (Phi) is 5.72. The molecule has 0 saturated carbocycles. The fraction of sp³-hybridized carbons (Fsp3) is 0.391. The van der Waals surface area contributed by atoms with Gasteiger partial charge in [0.05, 0.1) is 36.3 Å². The van der Waals surface area contributed by atoms with Crippen molar-refractivity contribution in [2.45, 2.75) is 18.8 Å². The van der Waals surface area contributed by atoms with Gasteiger partial charge in [0, 0.05) is 24.9 Å². The van der Waals surface area contributed by atoms with Gasteiger partial charge in [-0.05, 0) is 22.8 Å². The van der Waals surface area contributed by atoms with Gasteiger partial charge in [0.2, 0.25) is 11.9 Å². The lowest BCUT2D eigenvalue weighted by Crippen LogP contribution is -2.44. The van der Waals surface area contributed by atoms with Gasteiger partial charge >= 0.3 is 0 Å². The third-order valence-electron chi connectivity index (χ3n) is 6.50. The van der Waals surface area contributed by atoms with Gasteiger partial charge in [-0.3, -0.25) is 0 Å². The summed E-state index contributed by atoms with van der Waals surface area (Å²) in [5.41, 5.74) is 10.0. The van der Waals surface area contributed by atoms with Crippen LogP contribution in [0, 0.1) is 11.8 Å². The van der Waals surface area contributed by atoms with Crippen molar-refractivity contribution in [2.24, 2.45) is 32.0 Å². The molecule has 1 aromatic carbocycles. The number of fused-ring (bicyclic) bond motifs is 2. The predicted molar refractivity (Wildman–Crippen MR) is 127 cm³/mol. The highest BCUT2D eigenvalue weighted by Gasteiger charge is 2.45. The third kappa shape index (κ3) is 3.81. The number of aldehydes is 2. The van der Waals surface area contributed by atoms with E-state index in [1.54, 1.807) is 0 Å². The number of aliphatic imine (C=N–C) groups is 2. The minimum absolute atomic E-state index is 0.206. The van der Waals surface area contributed by atoms with Crippen LogP contribution < -0.4 is 21.5 Å². The van der Waals surface area contributed by atoms with Gasteiger partial charge in [-0.25, -0.2) is 20.8 Å². The van der Waals surface area contributed by atoms with Crippen LogP contribution in [0.3, 0.4) is 0 Å². The number of benzene rings is 1. The third-order valence-corrected chi connectivity index (χ3v) is 6.50. The van der Waals surface area contributed by atoms with E-state index in [0.717, 1.165) is 53.8 Å². The predicted octanol–water partition coefficient (Wildman–Crippen LogP) is 0.267. The maximum atomic E-state index is 12.4. The molecular weight excluding hydrogens is 420 g/mol. The fourth-order valence-corrected chi connectivity index (χ4v) is 4.89. The van der Waals surface area contributed by atoms with Crippen molar-refractivity contribution in [1.82, 2.24) is 21.5 Å². The summed E-state index contributed by atoms with van der Waals surface area (Å²) in [5, 5.41) is 15.6. The van der Waals surface area contributed by atoms with Crippen LogP contribution in [0.5, 0.6) is 0 Å². The van der Waals surface area contributed by atoms with Gasteiger partial charge in [0.25, 0.3) is 0 Å². The number of allylic oxidation sites excluding steroid dienone is 2. The van der Waals surface area contributed by atoms with E-state index in [1.165, 1.54) is 0 Å². The summed E-state index contributed by atoms with van der Waals surface area (Å²) in [7, 11) is 0. The molecule has 0 radical (unpaired) electrons. The average Bonchev–Trinajstić information content (AvgIpc) is 3.55. The van der Waals surface area contributed by atoms with E-state index in [0.29, 0.717) is 25.0 Å². The van der Waals surface area contributed by atoms with E-state index in [1.807, 2.05) is 37.3 Å². The molecule has 2 aliphatic heterocycles. The molecular formula is C23H26N8O2. The lowest BCUT2D eigenvalue weighted by Gasteiger charge is -2.41. The second-order valence-corrected chi connectivity index (χ2v) is 8.36. The molecule has 0 saturated heterocycles. The van der Waals surface area contributed by atoms with Crippen LogP contribution in [-0.4, -0.2) is 62.1 Å². The molecule has 2 aliphatic carbocycles. The maximum absolute atomic E-state index is 12.4. The number of hydrogen-bond acceptors (Lipinski definition) is 10. The minimum atomic E-state index is -0.478. The molecule has 2 heterocycles. The van der Waals surface area contributed by atoms with Crippen molar-refractivity contribution in [1.29, 1.82) is 0 Å². The average molecular weight is 447 g/mol. The Hall–Kier alpha value is -3.82. The highest BCUT2D eigenvalue weighted by molar-refractivity contribution is 6.18. The van der Waals surface area contributed by atoms with Crippen molar-refractivity contribution in [3.8, 4) is 0 Å². The highest BCUT2D eigenvalue weighted by atomic mass is 16.1. The largest absolute Gasteiger partial charge is 0.353 e. The van der Waals surface area contributed by atoms with Gasteiger partial charge < -0.3 is 20.2 Å². The second kappa shape index (κ2) is 8.97. The maximum Gasteiger partial charge on any atom is 0.212 e. The molecule has 0 spiro atoms. The van der Waals surface area contributed by atoms with Gasteiger partial charge in [0.15, 0.2) is 0 Å². The van der Waals surface area contributed by atoms with Crippen LogP contribution in [0.1, 0.15) is 29.9 Å². The zero-order valence-electron chi connectivity index (χ0n) is 18.3. The summed E-state index contributed by atoms with van der Waals surface area (Å²) in [5.74, 6) is -0.267. The Morgan fingerprint density at radius 1 is 0.970 bits per heavy atom. The number of hydrazone groups is 2. The summed E-state index contributed by atoms with van der Waals surface area (Å²) >= 11 is 0. The van der Waals surface area contributed by atoms with Crippen molar-refractivity contribution < 1.29 is 9.59 Å². The topological polar surface area (TPSA) is 132 Å².